The molecule has 0 aromatic carbocycles. The Hall–Kier alpha value is -1.14. The minimum Gasteiger partial charge on any atom is -0.395 e. The Balaban J connectivity index is 1.56. The van der Waals surface area contributed by atoms with Gasteiger partial charge < -0.3 is 14.9 Å². The van der Waals surface area contributed by atoms with Crippen LogP contribution in [0.4, 0.5) is 0 Å². The molecule has 3 heterocycles. The van der Waals surface area contributed by atoms with Gasteiger partial charge in [0, 0.05) is 32.7 Å². The lowest BCUT2D eigenvalue weighted by Crippen LogP contribution is -2.51. The summed E-state index contributed by atoms with van der Waals surface area (Å²) in [6.07, 6.45) is 7.45. The highest BCUT2D eigenvalue weighted by Gasteiger charge is 2.48. The molecular formula is C18H31N3O3. The maximum atomic E-state index is 12.8. The van der Waals surface area contributed by atoms with Gasteiger partial charge in [0.15, 0.2) is 0 Å². The van der Waals surface area contributed by atoms with E-state index in [1.54, 1.807) is 0 Å². The van der Waals surface area contributed by atoms with E-state index in [4.69, 9.17) is 5.11 Å². The number of likely N-dealkylation sites (tertiary alicyclic amines) is 3. The van der Waals surface area contributed by atoms with Gasteiger partial charge in [0.2, 0.25) is 11.8 Å². The third-order valence-electron chi connectivity index (χ3n) is 5.94. The lowest BCUT2D eigenvalue weighted by Gasteiger charge is -2.39. The fraction of sp³-hybridized carbons (Fsp3) is 0.889. The van der Waals surface area contributed by atoms with Crippen LogP contribution in [0.15, 0.2) is 0 Å². The molecule has 0 bridgehead atoms. The number of carbonyl (C=O) groups is 2. The summed E-state index contributed by atoms with van der Waals surface area (Å²) in [6.45, 7) is 4.99. The second-order valence-electron chi connectivity index (χ2n) is 7.66. The molecule has 24 heavy (non-hydrogen) atoms. The Morgan fingerprint density at radius 1 is 1.00 bits per heavy atom. The van der Waals surface area contributed by atoms with Crippen molar-refractivity contribution >= 4 is 11.8 Å². The molecule has 0 saturated carbocycles. The molecule has 2 amide bonds. The first-order chi connectivity index (χ1) is 11.6. The largest absolute Gasteiger partial charge is 0.395 e. The van der Waals surface area contributed by atoms with Crippen LogP contribution in [0, 0.1) is 5.41 Å². The van der Waals surface area contributed by atoms with Gasteiger partial charge in [0.05, 0.1) is 18.6 Å². The van der Waals surface area contributed by atoms with E-state index >= 15 is 0 Å². The first-order valence-corrected chi connectivity index (χ1v) is 9.55. The molecule has 0 unspecified atom stereocenters. The predicted octanol–water partition coefficient (Wildman–Crippen LogP) is 0.696. The number of carbonyl (C=O) groups excluding carboxylic acids is 2. The van der Waals surface area contributed by atoms with Gasteiger partial charge in [-0.3, -0.25) is 14.5 Å². The molecule has 3 aliphatic heterocycles. The van der Waals surface area contributed by atoms with Gasteiger partial charge in [-0.25, -0.2) is 0 Å². The van der Waals surface area contributed by atoms with E-state index in [1.165, 1.54) is 12.8 Å². The van der Waals surface area contributed by atoms with Crippen LogP contribution in [-0.4, -0.2) is 84.0 Å². The van der Waals surface area contributed by atoms with Gasteiger partial charge in [0.25, 0.3) is 0 Å². The molecular weight excluding hydrogens is 306 g/mol. The van der Waals surface area contributed by atoms with Crippen LogP contribution in [0.5, 0.6) is 0 Å². The highest BCUT2D eigenvalue weighted by atomic mass is 16.3. The smallest absolute Gasteiger partial charge is 0.236 e. The molecule has 0 radical (unpaired) electrons. The average Bonchev–Trinajstić information content (AvgIpc) is 2.80. The molecule has 6 heteroatoms. The number of aliphatic hydroxyl groups excluding tert-OH is 1. The number of β-amino-alcohol motifs (C(OH)–C–C–N with tert-alkyl or cyclic N) is 1. The van der Waals surface area contributed by atoms with Crippen molar-refractivity contribution in [1.82, 2.24) is 14.7 Å². The maximum absolute atomic E-state index is 12.8. The topological polar surface area (TPSA) is 64.1 Å². The number of amides is 2. The second kappa shape index (κ2) is 7.83. The van der Waals surface area contributed by atoms with E-state index in [2.05, 4.69) is 4.90 Å². The van der Waals surface area contributed by atoms with Crippen LogP contribution < -0.4 is 0 Å². The third kappa shape index (κ3) is 3.75. The summed E-state index contributed by atoms with van der Waals surface area (Å²) in [5.41, 5.74) is -0.313. The number of hydrogen-bond donors (Lipinski definition) is 1. The van der Waals surface area contributed by atoms with E-state index in [9.17, 15) is 9.59 Å². The zero-order chi connectivity index (χ0) is 17.0. The minimum atomic E-state index is -0.313. The third-order valence-corrected chi connectivity index (χ3v) is 5.94. The van der Waals surface area contributed by atoms with Gasteiger partial charge in [-0.05, 0) is 38.6 Å². The SMILES string of the molecule is O=C(CN1CC[C@@]2(CCCN(CCO)C2=O)C1)N1CCCCCC1. The van der Waals surface area contributed by atoms with E-state index in [0.717, 1.165) is 58.3 Å². The van der Waals surface area contributed by atoms with Crippen molar-refractivity contribution in [3.05, 3.63) is 0 Å². The molecule has 1 atom stereocenters. The molecule has 136 valence electrons. The molecule has 3 aliphatic rings. The first kappa shape index (κ1) is 17.7. The Morgan fingerprint density at radius 2 is 1.75 bits per heavy atom. The van der Waals surface area contributed by atoms with Crippen LogP contribution >= 0.6 is 0 Å². The number of aliphatic hydroxyl groups is 1. The molecule has 1 N–H and O–H groups in total. The Labute approximate surface area is 144 Å². The van der Waals surface area contributed by atoms with E-state index in [1.807, 2.05) is 9.80 Å². The molecule has 3 rings (SSSR count). The fourth-order valence-corrected chi connectivity index (χ4v) is 4.57. The van der Waals surface area contributed by atoms with Gasteiger partial charge in [-0.15, -0.1) is 0 Å². The van der Waals surface area contributed by atoms with Crippen molar-refractivity contribution in [1.29, 1.82) is 0 Å². The minimum absolute atomic E-state index is 0.0268. The van der Waals surface area contributed by atoms with Crippen LogP contribution in [0.3, 0.4) is 0 Å². The van der Waals surface area contributed by atoms with E-state index < -0.39 is 0 Å². The molecule has 6 nitrogen and oxygen atoms in total. The van der Waals surface area contributed by atoms with Gasteiger partial charge in [0.1, 0.15) is 0 Å². The monoisotopic (exact) mass is 337 g/mol. The molecule has 0 aromatic heterocycles. The van der Waals surface area contributed by atoms with Crippen molar-refractivity contribution in [3.8, 4) is 0 Å². The van der Waals surface area contributed by atoms with Gasteiger partial charge in [-0.2, -0.15) is 0 Å². The fourth-order valence-electron chi connectivity index (χ4n) is 4.57. The van der Waals surface area contributed by atoms with E-state index in [0.29, 0.717) is 19.6 Å². The summed E-state index contributed by atoms with van der Waals surface area (Å²) in [7, 11) is 0. The lowest BCUT2D eigenvalue weighted by atomic mass is 9.78. The summed E-state index contributed by atoms with van der Waals surface area (Å²) >= 11 is 0. The number of nitrogens with zero attached hydrogens (tertiary/aromatic N) is 3. The summed E-state index contributed by atoms with van der Waals surface area (Å²) in [5, 5.41) is 9.15. The normalized spacial score (nSPS) is 29.3. The highest BCUT2D eigenvalue weighted by molar-refractivity contribution is 5.84. The highest BCUT2D eigenvalue weighted by Crippen LogP contribution is 2.39. The average molecular weight is 337 g/mol. The summed E-state index contributed by atoms with van der Waals surface area (Å²) < 4.78 is 0. The van der Waals surface area contributed by atoms with Crippen LogP contribution in [0.2, 0.25) is 0 Å². The second-order valence-corrected chi connectivity index (χ2v) is 7.66. The molecule has 3 fully saturated rings. The standard InChI is InChI=1S/C18H31N3O3/c22-13-12-21-10-5-6-18(17(21)24)7-11-19(15-18)14-16(23)20-8-3-1-2-4-9-20/h22H,1-15H2/t18-/m0/s1. The molecule has 3 saturated heterocycles. The first-order valence-electron chi connectivity index (χ1n) is 9.55. The number of hydrogen-bond acceptors (Lipinski definition) is 4. The molecule has 0 aromatic rings. The van der Waals surface area contributed by atoms with Crippen LogP contribution in [0.25, 0.3) is 0 Å². The van der Waals surface area contributed by atoms with Gasteiger partial charge >= 0.3 is 0 Å². The molecule has 1 spiro atoms. The number of piperidine rings is 1. The van der Waals surface area contributed by atoms with Crippen molar-refractivity contribution in [2.45, 2.75) is 44.9 Å². The van der Waals surface area contributed by atoms with Crippen molar-refractivity contribution in [3.63, 3.8) is 0 Å². The van der Waals surface area contributed by atoms with Gasteiger partial charge in [-0.1, -0.05) is 12.8 Å². The van der Waals surface area contributed by atoms with Crippen molar-refractivity contribution < 1.29 is 14.7 Å². The van der Waals surface area contributed by atoms with Crippen LogP contribution in [0.1, 0.15) is 44.9 Å². The van der Waals surface area contributed by atoms with E-state index in [-0.39, 0.29) is 23.8 Å². The Morgan fingerprint density at radius 3 is 2.46 bits per heavy atom. The summed E-state index contributed by atoms with van der Waals surface area (Å²) in [6, 6.07) is 0. The quantitative estimate of drug-likeness (QED) is 0.820. The van der Waals surface area contributed by atoms with Crippen LogP contribution in [-0.2, 0) is 9.59 Å². The summed E-state index contributed by atoms with van der Waals surface area (Å²) in [5.74, 6) is 0.414. The molecule has 0 aliphatic carbocycles. The summed E-state index contributed by atoms with van der Waals surface area (Å²) in [4.78, 5) is 31.4. The van der Waals surface area contributed by atoms with Crippen molar-refractivity contribution in [2.75, 3.05) is 52.4 Å². The number of rotatable bonds is 4. The Kier molecular flexibility index (Phi) is 5.76. The predicted molar refractivity (Wildman–Crippen MR) is 91.4 cm³/mol. The Bertz CT molecular complexity index is 460. The lowest BCUT2D eigenvalue weighted by molar-refractivity contribution is -0.146. The zero-order valence-electron chi connectivity index (χ0n) is 14.7. The maximum Gasteiger partial charge on any atom is 0.236 e. The van der Waals surface area contributed by atoms with Crippen molar-refractivity contribution in [2.24, 2.45) is 5.41 Å². The zero-order valence-corrected chi connectivity index (χ0v) is 14.7.